The van der Waals surface area contributed by atoms with E-state index in [1.165, 1.54) is 24.3 Å². The number of nitrogens with one attached hydrogen (secondary N) is 1. The fraction of sp³-hybridized carbons (Fsp3) is 0.105. The van der Waals surface area contributed by atoms with Gasteiger partial charge in [-0.25, -0.2) is 9.18 Å². The Balaban J connectivity index is 1.70. The monoisotopic (exact) mass is 388 g/mol. The molecule has 2 aromatic carbocycles. The largest absolute Gasteiger partial charge is 0.452 e. The van der Waals surface area contributed by atoms with Crippen LogP contribution >= 0.6 is 11.6 Å². The lowest BCUT2D eigenvalue weighted by atomic mass is 10.1. The van der Waals surface area contributed by atoms with E-state index in [1.54, 1.807) is 31.2 Å². The zero-order valence-electron chi connectivity index (χ0n) is 14.2. The maximum atomic E-state index is 12.9. The van der Waals surface area contributed by atoms with Crippen LogP contribution in [0.2, 0.25) is 5.02 Å². The van der Waals surface area contributed by atoms with Crippen LogP contribution in [0.1, 0.15) is 16.1 Å². The predicted octanol–water partition coefficient (Wildman–Crippen LogP) is 4.24. The van der Waals surface area contributed by atoms with Crippen molar-refractivity contribution >= 4 is 29.2 Å². The van der Waals surface area contributed by atoms with Gasteiger partial charge in [0.25, 0.3) is 5.91 Å². The van der Waals surface area contributed by atoms with E-state index in [0.717, 1.165) is 0 Å². The zero-order chi connectivity index (χ0) is 19.4. The number of rotatable bonds is 5. The highest BCUT2D eigenvalue weighted by molar-refractivity contribution is 6.33. The summed E-state index contributed by atoms with van der Waals surface area (Å²) in [6.45, 7) is 1.03. The Labute approximate surface area is 158 Å². The first-order valence-corrected chi connectivity index (χ1v) is 8.27. The summed E-state index contributed by atoms with van der Waals surface area (Å²) in [5.74, 6) is -1.51. The molecule has 3 aromatic rings. The molecule has 0 radical (unpaired) electrons. The number of ether oxygens (including phenoxy) is 1. The zero-order valence-corrected chi connectivity index (χ0v) is 14.9. The van der Waals surface area contributed by atoms with E-state index in [4.69, 9.17) is 20.9 Å². The van der Waals surface area contributed by atoms with Crippen LogP contribution < -0.4 is 5.32 Å². The molecule has 0 aliphatic carbocycles. The van der Waals surface area contributed by atoms with E-state index in [9.17, 15) is 14.0 Å². The minimum absolute atomic E-state index is 0.0951. The number of anilines is 1. The van der Waals surface area contributed by atoms with Crippen molar-refractivity contribution in [3.63, 3.8) is 0 Å². The van der Waals surface area contributed by atoms with Gasteiger partial charge in [-0.05, 0) is 37.3 Å². The lowest BCUT2D eigenvalue weighted by molar-refractivity contribution is -0.119. The van der Waals surface area contributed by atoms with Gasteiger partial charge in [0.2, 0.25) is 0 Å². The highest BCUT2D eigenvalue weighted by Gasteiger charge is 2.24. The number of esters is 1. The number of amides is 1. The fourth-order valence-corrected chi connectivity index (χ4v) is 2.61. The lowest BCUT2D eigenvalue weighted by Gasteiger charge is -2.07. The van der Waals surface area contributed by atoms with Gasteiger partial charge in [0.1, 0.15) is 22.8 Å². The van der Waals surface area contributed by atoms with E-state index in [1.807, 2.05) is 0 Å². The summed E-state index contributed by atoms with van der Waals surface area (Å²) in [7, 11) is 0. The summed E-state index contributed by atoms with van der Waals surface area (Å²) in [6, 6.07) is 12.1. The van der Waals surface area contributed by atoms with Crippen LogP contribution in [0, 0.1) is 12.7 Å². The number of aryl methyl sites for hydroxylation is 1. The SMILES string of the molecule is Cc1onc(-c2ccccc2Cl)c1C(=O)OCC(=O)Nc1ccc(F)cc1. The molecule has 1 amide bonds. The Kier molecular flexibility index (Phi) is 5.52. The maximum absolute atomic E-state index is 12.9. The van der Waals surface area contributed by atoms with Gasteiger partial charge in [-0.2, -0.15) is 0 Å². The maximum Gasteiger partial charge on any atom is 0.344 e. The molecule has 1 aromatic heterocycles. The lowest BCUT2D eigenvalue weighted by Crippen LogP contribution is -2.21. The van der Waals surface area contributed by atoms with E-state index in [0.29, 0.717) is 16.3 Å². The number of nitrogens with zero attached hydrogens (tertiary/aromatic N) is 1. The first-order chi connectivity index (χ1) is 13.0. The van der Waals surface area contributed by atoms with Crippen LogP contribution in [0.4, 0.5) is 10.1 Å². The molecule has 8 heteroatoms. The smallest absolute Gasteiger partial charge is 0.344 e. The first kappa shape index (κ1) is 18.6. The van der Waals surface area contributed by atoms with Gasteiger partial charge in [0.15, 0.2) is 6.61 Å². The van der Waals surface area contributed by atoms with Crippen LogP contribution in [0.5, 0.6) is 0 Å². The highest BCUT2D eigenvalue weighted by atomic mass is 35.5. The molecule has 0 bridgehead atoms. The molecule has 6 nitrogen and oxygen atoms in total. The summed E-state index contributed by atoms with van der Waals surface area (Å²) in [5.41, 5.74) is 1.23. The van der Waals surface area contributed by atoms with Gasteiger partial charge < -0.3 is 14.6 Å². The highest BCUT2D eigenvalue weighted by Crippen LogP contribution is 2.31. The van der Waals surface area contributed by atoms with Crippen molar-refractivity contribution in [2.24, 2.45) is 0 Å². The van der Waals surface area contributed by atoms with E-state index in [2.05, 4.69) is 10.5 Å². The molecule has 1 N–H and O–H groups in total. The molecular weight excluding hydrogens is 375 g/mol. The second-order valence-corrected chi connectivity index (χ2v) is 5.98. The van der Waals surface area contributed by atoms with Gasteiger partial charge in [-0.1, -0.05) is 35.0 Å². The minimum Gasteiger partial charge on any atom is -0.452 e. The molecule has 0 saturated carbocycles. The molecule has 0 fully saturated rings. The molecule has 138 valence electrons. The van der Waals surface area contributed by atoms with Crippen molar-refractivity contribution in [1.82, 2.24) is 5.16 Å². The van der Waals surface area contributed by atoms with Crippen LogP contribution in [-0.2, 0) is 9.53 Å². The van der Waals surface area contributed by atoms with Crippen molar-refractivity contribution in [2.45, 2.75) is 6.92 Å². The second kappa shape index (κ2) is 8.01. The molecule has 0 saturated heterocycles. The molecule has 3 rings (SSSR count). The van der Waals surface area contributed by atoms with Gasteiger partial charge in [-0.3, -0.25) is 4.79 Å². The Morgan fingerprint density at radius 1 is 1.19 bits per heavy atom. The number of hydrogen-bond acceptors (Lipinski definition) is 5. The number of halogens is 2. The Hall–Kier alpha value is -3.19. The molecule has 0 atom stereocenters. The van der Waals surface area contributed by atoms with Crippen molar-refractivity contribution in [1.29, 1.82) is 0 Å². The number of carbonyl (C=O) groups excluding carboxylic acids is 2. The number of aromatic nitrogens is 1. The topological polar surface area (TPSA) is 81.4 Å². The van der Waals surface area contributed by atoms with Gasteiger partial charge in [0.05, 0.1) is 5.02 Å². The fourth-order valence-electron chi connectivity index (χ4n) is 2.38. The molecule has 1 heterocycles. The van der Waals surface area contributed by atoms with Crippen molar-refractivity contribution < 1.29 is 23.2 Å². The summed E-state index contributed by atoms with van der Waals surface area (Å²) >= 11 is 6.15. The average Bonchev–Trinajstić information content (AvgIpc) is 3.03. The normalized spacial score (nSPS) is 10.5. The average molecular weight is 389 g/mol. The molecular formula is C19H14ClFN2O4. The summed E-state index contributed by atoms with van der Waals surface area (Å²) < 4.78 is 23.0. The summed E-state index contributed by atoms with van der Waals surface area (Å²) in [6.07, 6.45) is 0. The van der Waals surface area contributed by atoms with Crippen molar-refractivity contribution in [2.75, 3.05) is 11.9 Å². The Bertz CT molecular complexity index is 986. The van der Waals surface area contributed by atoms with Crippen LogP contribution in [0.15, 0.2) is 53.1 Å². The first-order valence-electron chi connectivity index (χ1n) is 7.89. The van der Waals surface area contributed by atoms with Gasteiger partial charge >= 0.3 is 5.97 Å². The quantitative estimate of drug-likeness (QED) is 0.661. The predicted molar refractivity (Wildman–Crippen MR) is 97.0 cm³/mol. The van der Waals surface area contributed by atoms with E-state index in [-0.39, 0.29) is 17.0 Å². The molecule has 0 aliphatic rings. The van der Waals surface area contributed by atoms with Crippen molar-refractivity contribution in [3.8, 4) is 11.3 Å². The number of carbonyl (C=O) groups is 2. The number of benzene rings is 2. The van der Waals surface area contributed by atoms with Crippen LogP contribution in [-0.4, -0.2) is 23.6 Å². The third-order valence-corrected chi connectivity index (χ3v) is 3.99. The van der Waals surface area contributed by atoms with Crippen LogP contribution in [0.3, 0.4) is 0 Å². The Morgan fingerprint density at radius 3 is 2.59 bits per heavy atom. The standard InChI is InChI=1S/C19H14ClFN2O4/c1-11-17(18(23-27-11)14-4-2-3-5-15(14)20)19(25)26-10-16(24)22-13-8-6-12(21)7-9-13/h2-9H,10H2,1H3,(H,22,24). The third kappa shape index (κ3) is 4.32. The van der Waals surface area contributed by atoms with Gasteiger partial charge in [0, 0.05) is 11.3 Å². The van der Waals surface area contributed by atoms with E-state index >= 15 is 0 Å². The number of hydrogen-bond donors (Lipinski definition) is 1. The molecule has 0 spiro atoms. The summed E-state index contributed by atoms with van der Waals surface area (Å²) in [5, 5.41) is 6.77. The summed E-state index contributed by atoms with van der Waals surface area (Å²) in [4.78, 5) is 24.4. The molecule has 0 aliphatic heterocycles. The van der Waals surface area contributed by atoms with Crippen molar-refractivity contribution in [3.05, 3.63) is 70.7 Å². The Morgan fingerprint density at radius 2 is 1.89 bits per heavy atom. The van der Waals surface area contributed by atoms with E-state index < -0.39 is 24.3 Å². The molecule has 0 unspecified atom stereocenters. The van der Waals surface area contributed by atoms with Gasteiger partial charge in [-0.15, -0.1) is 0 Å². The third-order valence-electron chi connectivity index (χ3n) is 3.66. The molecule has 27 heavy (non-hydrogen) atoms. The minimum atomic E-state index is -0.766. The van der Waals surface area contributed by atoms with Crippen LogP contribution in [0.25, 0.3) is 11.3 Å². The second-order valence-electron chi connectivity index (χ2n) is 5.57.